The lowest BCUT2D eigenvalue weighted by Gasteiger charge is -2.23. The first-order chi connectivity index (χ1) is 5.27. The van der Waals surface area contributed by atoms with Crippen molar-refractivity contribution in [3.63, 3.8) is 0 Å². The van der Waals surface area contributed by atoms with Crippen molar-refractivity contribution in [3.8, 4) is 0 Å². The molecule has 0 aromatic carbocycles. The van der Waals surface area contributed by atoms with E-state index in [0.717, 1.165) is 6.04 Å². The minimum Gasteiger partial charge on any atom is -0.435 e. The molecule has 0 atom stereocenters. The van der Waals surface area contributed by atoms with Gasteiger partial charge < -0.3 is 8.23 Å². The number of hydrogen-bond acceptors (Lipinski definition) is 2. The van der Waals surface area contributed by atoms with Crippen LogP contribution < -0.4 is 0 Å². The van der Waals surface area contributed by atoms with Crippen LogP contribution in [-0.2, 0) is 8.23 Å². The van der Waals surface area contributed by atoms with Gasteiger partial charge in [0.05, 0.1) is 0 Å². The maximum Gasteiger partial charge on any atom is 0.410 e. The molecule has 72 valence electrons. The Hall–Kier alpha value is 0.571. The summed E-state index contributed by atoms with van der Waals surface area (Å²) in [6.07, 6.45) is 0. The van der Waals surface area contributed by atoms with E-state index < -0.39 is 16.6 Å². The lowest BCUT2D eigenvalue weighted by atomic mass is 11.0. The molecule has 0 unspecified atom stereocenters. The zero-order valence-corrected chi connectivity index (χ0v) is 12.0. The molecule has 0 amide bonds. The molecule has 0 heterocycles. The zero-order valence-electron chi connectivity index (χ0n) is 9.02. The summed E-state index contributed by atoms with van der Waals surface area (Å²) >= 11 is 0. The molecule has 0 aliphatic carbocycles. The van der Waals surface area contributed by atoms with Gasteiger partial charge in [-0.3, -0.25) is 0 Å². The molecule has 0 spiro atoms. The quantitative estimate of drug-likeness (QED) is 0.663. The topological polar surface area (TPSA) is 18.5 Å². The van der Waals surface area contributed by atoms with Crippen molar-refractivity contribution in [1.29, 1.82) is 0 Å². The molecule has 2 nitrogen and oxygen atoms in total. The van der Waals surface area contributed by atoms with E-state index in [0.29, 0.717) is 0 Å². The molecule has 12 heavy (non-hydrogen) atoms. The molecule has 0 N–H and O–H groups in total. The lowest BCUT2D eigenvalue weighted by molar-refractivity contribution is 0.453. The molecule has 0 saturated heterocycles. The number of rotatable bonds is 5. The minimum absolute atomic E-state index is 0.265. The first-order valence-corrected chi connectivity index (χ1v) is 11.7. The van der Waals surface area contributed by atoms with Crippen molar-refractivity contribution in [2.45, 2.75) is 45.7 Å². The third kappa shape index (κ3) is 7.23. The number of hydrogen-bond donors (Lipinski definition) is 0. The van der Waals surface area contributed by atoms with Crippen LogP contribution in [-0.4, -0.2) is 26.6 Å². The fourth-order valence-electron chi connectivity index (χ4n) is 0.331. The van der Waals surface area contributed by atoms with Gasteiger partial charge in [-0.1, -0.05) is 6.92 Å². The highest BCUT2D eigenvalue weighted by molar-refractivity contribution is 6.77. The maximum absolute atomic E-state index is 5.73. The third-order valence-electron chi connectivity index (χ3n) is 1.52. The van der Waals surface area contributed by atoms with E-state index in [-0.39, 0.29) is 10.0 Å². The Bertz CT molecular complexity index is 131. The molecular formula is C7H20O2Si3. The summed E-state index contributed by atoms with van der Waals surface area (Å²) in [5, 5.41) is 0. The van der Waals surface area contributed by atoms with Gasteiger partial charge in [0.25, 0.3) is 0 Å². The minimum atomic E-state index is -1.37. The molecule has 5 heteroatoms. The van der Waals surface area contributed by atoms with Crippen LogP contribution in [0.4, 0.5) is 0 Å². The van der Waals surface area contributed by atoms with Crippen molar-refractivity contribution in [1.82, 2.24) is 0 Å². The average molecular weight is 220 g/mol. The Kier molecular flexibility index (Phi) is 4.93. The molecule has 0 aliphatic heterocycles. The van der Waals surface area contributed by atoms with Gasteiger partial charge in [0.1, 0.15) is 0 Å². The monoisotopic (exact) mass is 220 g/mol. The average Bonchev–Trinajstić information content (AvgIpc) is 1.84. The predicted octanol–water partition coefficient (Wildman–Crippen LogP) is 2.61. The van der Waals surface area contributed by atoms with Gasteiger partial charge in [0, 0.05) is 0 Å². The second-order valence-electron chi connectivity index (χ2n) is 4.51. The molecule has 0 rings (SSSR count). The van der Waals surface area contributed by atoms with Crippen LogP contribution in [0.25, 0.3) is 0 Å². The van der Waals surface area contributed by atoms with Crippen LogP contribution in [0.3, 0.4) is 0 Å². The Labute approximate surface area is 81.0 Å². The first kappa shape index (κ1) is 12.6. The lowest BCUT2D eigenvalue weighted by Crippen LogP contribution is -2.36. The van der Waals surface area contributed by atoms with Crippen molar-refractivity contribution in [2.75, 3.05) is 0 Å². The summed E-state index contributed by atoms with van der Waals surface area (Å²) in [5.74, 6) is 0. The van der Waals surface area contributed by atoms with E-state index in [1.165, 1.54) is 0 Å². The van der Waals surface area contributed by atoms with Gasteiger partial charge in [-0.2, -0.15) is 0 Å². The van der Waals surface area contributed by atoms with Crippen LogP contribution in [0.1, 0.15) is 6.92 Å². The van der Waals surface area contributed by atoms with Gasteiger partial charge >= 0.3 is 10.0 Å². The van der Waals surface area contributed by atoms with Crippen LogP contribution in [0, 0.1) is 0 Å². The Balaban J connectivity index is 3.57. The van der Waals surface area contributed by atoms with Gasteiger partial charge in [-0.15, -0.1) is 0 Å². The van der Waals surface area contributed by atoms with Crippen LogP contribution in [0.15, 0.2) is 0 Å². The highest BCUT2D eigenvalue weighted by Gasteiger charge is 2.22. The Morgan fingerprint density at radius 3 is 1.83 bits per heavy atom. The normalized spacial score (nSPS) is 13.5. The molecule has 0 bridgehead atoms. The second-order valence-corrected chi connectivity index (χ2v) is 14.8. The fraction of sp³-hybridized carbons (Fsp3) is 1.00. The largest absolute Gasteiger partial charge is 0.435 e. The maximum atomic E-state index is 5.73. The zero-order chi connectivity index (χ0) is 9.83. The second kappa shape index (κ2) is 4.71. The van der Waals surface area contributed by atoms with E-state index in [1.54, 1.807) is 0 Å². The van der Waals surface area contributed by atoms with E-state index in [2.05, 4.69) is 39.7 Å². The van der Waals surface area contributed by atoms with Gasteiger partial charge in [-0.05, 0) is 38.8 Å². The van der Waals surface area contributed by atoms with Gasteiger partial charge in [-0.25, -0.2) is 0 Å². The predicted molar refractivity (Wildman–Crippen MR) is 59.2 cm³/mol. The van der Waals surface area contributed by atoms with Crippen molar-refractivity contribution < 1.29 is 8.23 Å². The van der Waals surface area contributed by atoms with E-state index >= 15 is 0 Å². The smallest absolute Gasteiger partial charge is 0.410 e. The Morgan fingerprint density at radius 1 is 1.00 bits per heavy atom. The Morgan fingerprint density at radius 2 is 1.50 bits per heavy atom. The summed E-state index contributed by atoms with van der Waals surface area (Å²) in [4.78, 5) is 0. The van der Waals surface area contributed by atoms with Crippen molar-refractivity contribution in [3.05, 3.63) is 0 Å². The van der Waals surface area contributed by atoms with Gasteiger partial charge in [0.2, 0.25) is 0 Å². The van der Waals surface area contributed by atoms with Crippen molar-refractivity contribution >= 4 is 26.6 Å². The molecule has 0 aromatic heterocycles. The van der Waals surface area contributed by atoms with Crippen LogP contribution in [0.5, 0.6) is 0 Å². The third-order valence-corrected chi connectivity index (χ3v) is 8.55. The molecule has 0 saturated carbocycles. The molecule has 0 fully saturated rings. The summed E-state index contributed by atoms with van der Waals surface area (Å²) in [7, 11) is -2.46. The molecule has 2 radical (unpaired) electrons. The molecule has 0 aromatic rings. The highest BCUT2D eigenvalue weighted by Crippen LogP contribution is 2.10. The van der Waals surface area contributed by atoms with E-state index in [9.17, 15) is 0 Å². The summed E-state index contributed by atoms with van der Waals surface area (Å²) in [5.41, 5.74) is 0. The van der Waals surface area contributed by atoms with Crippen LogP contribution >= 0.6 is 0 Å². The van der Waals surface area contributed by atoms with Crippen LogP contribution in [0.2, 0.25) is 38.8 Å². The molecule has 0 aliphatic rings. The van der Waals surface area contributed by atoms with Crippen molar-refractivity contribution in [2.24, 2.45) is 0 Å². The standard InChI is InChI=1S/C7H20O2Si3/c1-7-12(5,6)9-10-8-11(2,3)4/h7H2,1-6H3. The summed E-state index contributed by atoms with van der Waals surface area (Å²) < 4.78 is 11.4. The van der Waals surface area contributed by atoms with Gasteiger partial charge in [0.15, 0.2) is 16.6 Å². The molecular weight excluding hydrogens is 200 g/mol. The summed E-state index contributed by atoms with van der Waals surface area (Å²) in [6.45, 7) is 13.2. The fourth-order valence-corrected chi connectivity index (χ4v) is 3.35. The highest BCUT2D eigenvalue weighted by atomic mass is 28.4. The summed E-state index contributed by atoms with van der Waals surface area (Å²) in [6, 6.07) is 1.16. The van der Waals surface area contributed by atoms with E-state index in [1.807, 2.05) is 0 Å². The SMILES string of the molecule is CC[Si](C)(C)O[Si]O[Si](C)(C)C. The first-order valence-electron chi connectivity index (χ1n) is 4.38. The van der Waals surface area contributed by atoms with E-state index in [4.69, 9.17) is 8.23 Å².